The molecule has 0 N–H and O–H groups in total. The molecule has 0 fully saturated rings. The smallest absolute Gasteiger partial charge is 0.169 e. The first kappa shape index (κ1) is 13.9. The van der Waals surface area contributed by atoms with Gasteiger partial charge in [0.1, 0.15) is 5.01 Å². The molecule has 0 saturated heterocycles. The fourth-order valence-corrected chi connectivity index (χ4v) is 2.71. The maximum Gasteiger partial charge on any atom is 0.169 e. The lowest BCUT2D eigenvalue weighted by atomic mass is 9.93. The van der Waals surface area contributed by atoms with Gasteiger partial charge in [0.15, 0.2) is 5.78 Å². The van der Waals surface area contributed by atoms with E-state index < -0.39 is 0 Å². The van der Waals surface area contributed by atoms with Crippen LogP contribution in [0.2, 0.25) is 0 Å². The Morgan fingerprint density at radius 3 is 2.68 bits per heavy atom. The van der Waals surface area contributed by atoms with Gasteiger partial charge >= 0.3 is 0 Å². The molecule has 2 aromatic heterocycles. The van der Waals surface area contributed by atoms with Crippen molar-refractivity contribution in [1.29, 1.82) is 0 Å². The number of carbonyl (C=O) groups excluding carboxylic acids is 1. The van der Waals surface area contributed by atoms with Crippen molar-refractivity contribution in [3.8, 4) is 0 Å². The normalized spacial score (nSPS) is 11.6. The van der Waals surface area contributed by atoms with Gasteiger partial charge in [-0.05, 0) is 19.1 Å². The van der Waals surface area contributed by atoms with Crippen molar-refractivity contribution in [1.82, 2.24) is 9.97 Å². The van der Waals surface area contributed by atoms with Crippen LogP contribution in [0.1, 0.15) is 47.5 Å². The quantitative estimate of drug-likeness (QED) is 0.804. The molecule has 0 radical (unpaired) electrons. The van der Waals surface area contributed by atoms with E-state index in [1.165, 1.54) is 0 Å². The van der Waals surface area contributed by atoms with Crippen molar-refractivity contribution in [3.05, 3.63) is 45.7 Å². The van der Waals surface area contributed by atoms with E-state index in [-0.39, 0.29) is 11.2 Å². The summed E-state index contributed by atoms with van der Waals surface area (Å²) in [6, 6.07) is 3.58. The summed E-state index contributed by atoms with van der Waals surface area (Å²) in [5, 5.41) is 2.92. The minimum atomic E-state index is 0.0328. The molecule has 0 bridgehead atoms. The topological polar surface area (TPSA) is 42.9 Å². The number of thiazole rings is 1. The monoisotopic (exact) mass is 274 g/mol. The molecule has 0 aliphatic carbocycles. The Hall–Kier alpha value is -1.55. The number of hydrogen-bond donors (Lipinski definition) is 0. The van der Waals surface area contributed by atoms with Gasteiger partial charge in [0.2, 0.25) is 0 Å². The van der Waals surface area contributed by atoms with Gasteiger partial charge in [-0.15, -0.1) is 11.3 Å². The van der Waals surface area contributed by atoms with Crippen LogP contribution in [0.15, 0.2) is 23.7 Å². The maximum absolute atomic E-state index is 12.2. The highest BCUT2D eigenvalue weighted by Gasteiger charge is 2.18. The predicted molar refractivity (Wildman–Crippen MR) is 77.8 cm³/mol. The van der Waals surface area contributed by atoms with E-state index in [1.54, 1.807) is 23.6 Å². The van der Waals surface area contributed by atoms with Crippen LogP contribution in [0.5, 0.6) is 0 Å². The summed E-state index contributed by atoms with van der Waals surface area (Å²) in [6.45, 7) is 8.26. The Morgan fingerprint density at radius 1 is 1.37 bits per heavy atom. The minimum absolute atomic E-state index is 0.0328. The summed E-state index contributed by atoms with van der Waals surface area (Å²) < 4.78 is 0. The maximum atomic E-state index is 12.2. The van der Waals surface area contributed by atoms with Gasteiger partial charge in [-0.1, -0.05) is 20.8 Å². The lowest BCUT2D eigenvalue weighted by Crippen LogP contribution is -2.12. The van der Waals surface area contributed by atoms with Crippen molar-refractivity contribution in [3.63, 3.8) is 0 Å². The highest BCUT2D eigenvalue weighted by atomic mass is 32.1. The number of hydrogen-bond acceptors (Lipinski definition) is 4. The molecule has 2 aromatic rings. The molecule has 0 saturated carbocycles. The average molecular weight is 274 g/mol. The molecule has 0 aliphatic heterocycles. The molecule has 2 rings (SSSR count). The van der Waals surface area contributed by atoms with Gasteiger partial charge < -0.3 is 0 Å². The lowest BCUT2D eigenvalue weighted by molar-refractivity contribution is 0.0992. The second-order valence-electron chi connectivity index (χ2n) is 5.66. The molecule has 2 heterocycles. The zero-order valence-electron chi connectivity index (χ0n) is 11.7. The van der Waals surface area contributed by atoms with Crippen molar-refractivity contribution >= 4 is 17.1 Å². The third-order valence-corrected chi connectivity index (χ3v) is 3.70. The molecule has 0 unspecified atom stereocenters. The zero-order valence-corrected chi connectivity index (χ0v) is 12.5. The van der Waals surface area contributed by atoms with Crippen molar-refractivity contribution in [2.24, 2.45) is 0 Å². The highest BCUT2D eigenvalue weighted by molar-refractivity contribution is 7.09. The molecule has 19 heavy (non-hydrogen) atoms. The van der Waals surface area contributed by atoms with E-state index in [0.717, 1.165) is 16.4 Å². The number of rotatable bonds is 3. The fourth-order valence-electron chi connectivity index (χ4n) is 1.69. The zero-order chi connectivity index (χ0) is 14.0. The number of aryl methyl sites for hydroxylation is 1. The van der Waals surface area contributed by atoms with Crippen molar-refractivity contribution in [2.75, 3.05) is 0 Å². The fraction of sp³-hybridized carbons (Fsp3) is 0.400. The summed E-state index contributed by atoms with van der Waals surface area (Å²) in [4.78, 5) is 20.8. The van der Waals surface area contributed by atoms with Gasteiger partial charge in [0.05, 0.1) is 12.1 Å². The Labute approximate surface area is 117 Å². The first-order chi connectivity index (χ1) is 8.86. The highest BCUT2D eigenvalue weighted by Crippen LogP contribution is 2.24. The largest absolute Gasteiger partial charge is 0.294 e. The average Bonchev–Trinajstić information content (AvgIpc) is 2.77. The molecule has 0 spiro atoms. The van der Waals surface area contributed by atoms with Gasteiger partial charge in [-0.25, -0.2) is 4.98 Å². The minimum Gasteiger partial charge on any atom is -0.294 e. The van der Waals surface area contributed by atoms with E-state index >= 15 is 0 Å². The van der Waals surface area contributed by atoms with Gasteiger partial charge in [0.25, 0.3) is 0 Å². The van der Waals surface area contributed by atoms with Gasteiger partial charge in [-0.2, -0.15) is 0 Å². The number of nitrogens with zero attached hydrogens (tertiary/aromatic N) is 2. The number of carbonyl (C=O) groups is 1. The second kappa shape index (κ2) is 5.21. The number of pyridine rings is 1. The molecule has 100 valence electrons. The van der Waals surface area contributed by atoms with Crippen molar-refractivity contribution in [2.45, 2.75) is 39.5 Å². The summed E-state index contributed by atoms with van der Waals surface area (Å²) >= 11 is 1.56. The molecule has 4 heteroatoms. The third-order valence-electron chi connectivity index (χ3n) is 2.85. The van der Waals surface area contributed by atoms with Crippen LogP contribution < -0.4 is 0 Å². The van der Waals surface area contributed by atoms with Crippen LogP contribution in [0, 0.1) is 6.92 Å². The summed E-state index contributed by atoms with van der Waals surface area (Å²) in [6.07, 6.45) is 2.04. The van der Waals surface area contributed by atoms with Crippen LogP contribution in [0.4, 0.5) is 0 Å². The van der Waals surface area contributed by atoms with Crippen LogP contribution >= 0.6 is 11.3 Å². The molecule has 0 aromatic carbocycles. The number of ketones is 1. The van der Waals surface area contributed by atoms with Crippen LogP contribution in [-0.2, 0) is 11.8 Å². The molecule has 0 aliphatic rings. The van der Waals surface area contributed by atoms with Gasteiger partial charge in [-0.3, -0.25) is 9.78 Å². The Balaban J connectivity index is 2.13. The standard InChI is InChI=1S/C15H18N2OS/c1-10-7-11(5-6-16-10)12(18)8-14-17-13(9-19-14)15(2,3)4/h5-7,9H,8H2,1-4H3. The molecule has 0 atom stereocenters. The van der Waals surface area contributed by atoms with Crippen LogP contribution in [0.3, 0.4) is 0 Å². The Morgan fingerprint density at radius 2 is 2.11 bits per heavy atom. The summed E-state index contributed by atoms with van der Waals surface area (Å²) in [5.41, 5.74) is 2.65. The first-order valence-corrected chi connectivity index (χ1v) is 7.15. The first-order valence-electron chi connectivity index (χ1n) is 6.27. The van der Waals surface area contributed by atoms with E-state index in [9.17, 15) is 4.79 Å². The van der Waals surface area contributed by atoms with Gasteiger partial charge in [0, 0.05) is 28.2 Å². The predicted octanol–water partition coefficient (Wildman–Crippen LogP) is 3.57. The molecular formula is C15H18N2OS. The molecule has 3 nitrogen and oxygen atoms in total. The second-order valence-corrected chi connectivity index (χ2v) is 6.60. The summed E-state index contributed by atoms with van der Waals surface area (Å²) in [5.74, 6) is 0.0975. The molecule has 0 amide bonds. The van der Waals surface area contributed by atoms with E-state index in [0.29, 0.717) is 12.0 Å². The molecular weight excluding hydrogens is 256 g/mol. The van der Waals surface area contributed by atoms with E-state index in [4.69, 9.17) is 0 Å². The Kier molecular flexibility index (Phi) is 3.80. The van der Waals surface area contributed by atoms with Crippen LogP contribution in [-0.4, -0.2) is 15.8 Å². The lowest BCUT2D eigenvalue weighted by Gasteiger charge is -2.14. The SMILES string of the molecule is Cc1cc(C(=O)Cc2nc(C(C)(C)C)cs2)ccn1. The number of Topliss-reactive ketones (excluding diaryl/α,β-unsaturated/α-hetero) is 1. The Bertz CT molecular complexity index is 596. The van der Waals surface area contributed by atoms with Crippen molar-refractivity contribution < 1.29 is 4.79 Å². The van der Waals surface area contributed by atoms with Crippen LogP contribution in [0.25, 0.3) is 0 Å². The van der Waals surface area contributed by atoms with E-state index in [1.807, 2.05) is 18.4 Å². The summed E-state index contributed by atoms with van der Waals surface area (Å²) in [7, 11) is 0. The van der Waals surface area contributed by atoms with E-state index in [2.05, 4.69) is 30.7 Å². The number of aromatic nitrogens is 2. The third kappa shape index (κ3) is 3.47.